The fraction of sp³-hybridized carbons (Fsp3) is 1.00. The van der Waals surface area contributed by atoms with Crippen LogP contribution in [0.5, 0.6) is 0 Å². The Morgan fingerprint density at radius 3 is 2.20 bits per heavy atom. The Balaban J connectivity index is 3.76. The highest BCUT2D eigenvalue weighted by atomic mass is 32.2. The van der Waals surface area contributed by atoms with E-state index >= 15 is 0 Å². The Labute approximate surface area is 94.6 Å². The second kappa shape index (κ2) is 7.23. The van der Waals surface area contributed by atoms with Crippen molar-refractivity contribution < 1.29 is 8.42 Å². The van der Waals surface area contributed by atoms with E-state index in [0.29, 0.717) is 11.7 Å². The van der Waals surface area contributed by atoms with Crippen molar-refractivity contribution in [3.8, 4) is 0 Å². The van der Waals surface area contributed by atoms with Crippen molar-refractivity contribution in [1.82, 2.24) is 5.32 Å². The Morgan fingerprint density at radius 1 is 1.13 bits per heavy atom. The molecule has 0 fully saturated rings. The molecular weight excluding hydrogens is 210 g/mol. The Hall–Kier alpha value is -0.0900. The van der Waals surface area contributed by atoms with Crippen molar-refractivity contribution in [2.45, 2.75) is 45.8 Å². The zero-order valence-electron chi connectivity index (χ0n) is 10.4. The first-order chi connectivity index (χ1) is 6.90. The lowest BCUT2D eigenvalue weighted by Crippen LogP contribution is -2.21. The summed E-state index contributed by atoms with van der Waals surface area (Å²) in [6, 6.07) is 0. The third-order valence-electron chi connectivity index (χ3n) is 2.68. The van der Waals surface area contributed by atoms with Gasteiger partial charge in [0, 0.05) is 0 Å². The molecule has 0 saturated carbocycles. The maximum atomic E-state index is 11.5. The summed E-state index contributed by atoms with van der Waals surface area (Å²) in [6.07, 6.45) is 1.84. The molecule has 0 aliphatic heterocycles. The normalized spacial score (nSPS) is 14.5. The predicted octanol–water partition coefficient (Wildman–Crippen LogP) is 1.84. The minimum atomic E-state index is -2.84. The maximum absolute atomic E-state index is 11.5. The molecule has 0 spiro atoms. The fourth-order valence-electron chi connectivity index (χ4n) is 1.27. The molecule has 3 nitrogen and oxygen atoms in total. The number of hydrogen-bond acceptors (Lipinski definition) is 3. The van der Waals surface area contributed by atoms with E-state index in [0.717, 1.165) is 25.9 Å². The van der Waals surface area contributed by atoms with Crippen LogP contribution < -0.4 is 5.32 Å². The molecule has 0 bridgehead atoms. The predicted molar refractivity (Wildman–Crippen MR) is 65.9 cm³/mol. The van der Waals surface area contributed by atoms with Gasteiger partial charge >= 0.3 is 0 Å². The summed E-state index contributed by atoms with van der Waals surface area (Å²) in [5.74, 6) is 0.815. The van der Waals surface area contributed by atoms with Crippen LogP contribution in [0.25, 0.3) is 0 Å². The highest BCUT2D eigenvalue weighted by molar-refractivity contribution is 7.91. The van der Waals surface area contributed by atoms with Crippen molar-refractivity contribution in [1.29, 1.82) is 0 Å². The minimum absolute atomic E-state index is 0.238. The Bertz CT molecular complexity index is 247. The summed E-state index contributed by atoms with van der Waals surface area (Å²) in [5, 5.41) is 3.01. The average molecular weight is 235 g/mol. The first-order valence-electron chi connectivity index (χ1n) is 5.82. The molecule has 0 amide bonds. The molecule has 1 unspecified atom stereocenters. The van der Waals surface area contributed by atoms with Gasteiger partial charge in [-0.3, -0.25) is 0 Å². The first-order valence-corrected chi connectivity index (χ1v) is 7.54. The number of hydrogen-bond donors (Lipinski definition) is 1. The van der Waals surface area contributed by atoms with Crippen LogP contribution in [-0.4, -0.2) is 32.5 Å². The third-order valence-corrected chi connectivity index (χ3v) is 4.92. The average Bonchev–Trinajstić information content (AvgIpc) is 2.15. The number of sulfone groups is 1. The summed E-state index contributed by atoms with van der Waals surface area (Å²) >= 11 is 0. The monoisotopic (exact) mass is 235 g/mol. The van der Waals surface area contributed by atoms with Gasteiger partial charge in [0.2, 0.25) is 0 Å². The van der Waals surface area contributed by atoms with E-state index in [9.17, 15) is 8.42 Å². The van der Waals surface area contributed by atoms with E-state index in [-0.39, 0.29) is 5.25 Å². The molecule has 0 rings (SSSR count). The van der Waals surface area contributed by atoms with Gasteiger partial charge in [-0.25, -0.2) is 8.42 Å². The van der Waals surface area contributed by atoms with Gasteiger partial charge in [0.15, 0.2) is 9.84 Å². The van der Waals surface area contributed by atoms with Crippen molar-refractivity contribution in [3.05, 3.63) is 0 Å². The van der Waals surface area contributed by atoms with Crippen LogP contribution in [0.4, 0.5) is 0 Å². The van der Waals surface area contributed by atoms with Gasteiger partial charge in [-0.2, -0.15) is 0 Å². The van der Waals surface area contributed by atoms with Crippen molar-refractivity contribution >= 4 is 9.84 Å². The zero-order chi connectivity index (χ0) is 11.9. The van der Waals surface area contributed by atoms with Crippen LogP contribution in [-0.2, 0) is 9.84 Å². The molecule has 0 aliphatic carbocycles. The van der Waals surface area contributed by atoms with E-state index in [1.165, 1.54) is 0 Å². The molecule has 0 aromatic heterocycles. The smallest absolute Gasteiger partial charge is 0.152 e. The van der Waals surface area contributed by atoms with E-state index in [1.54, 1.807) is 13.8 Å². The van der Waals surface area contributed by atoms with Crippen LogP contribution in [0, 0.1) is 5.92 Å². The lowest BCUT2D eigenvalue weighted by molar-refractivity contribution is 0.488. The molecule has 1 N–H and O–H groups in total. The largest absolute Gasteiger partial charge is 0.317 e. The molecule has 0 heterocycles. The van der Waals surface area contributed by atoms with Gasteiger partial charge in [0.1, 0.15) is 0 Å². The molecule has 0 aromatic rings. The SMILES string of the molecule is CCNCCC(C)CCS(=O)(=O)C(C)C. The zero-order valence-corrected chi connectivity index (χ0v) is 11.2. The van der Waals surface area contributed by atoms with Gasteiger partial charge in [-0.1, -0.05) is 13.8 Å². The van der Waals surface area contributed by atoms with Crippen molar-refractivity contribution in [2.75, 3.05) is 18.8 Å². The van der Waals surface area contributed by atoms with Crippen LogP contribution in [0.15, 0.2) is 0 Å². The molecule has 1 atom stereocenters. The summed E-state index contributed by atoms with van der Waals surface area (Å²) in [6.45, 7) is 9.66. The Kier molecular flexibility index (Phi) is 7.18. The summed E-state index contributed by atoms with van der Waals surface area (Å²) < 4.78 is 23.1. The summed E-state index contributed by atoms with van der Waals surface area (Å²) in [7, 11) is -2.84. The number of nitrogens with one attached hydrogen (secondary N) is 1. The fourth-order valence-corrected chi connectivity index (χ4v) is 2.47. The van der Waals surface area contributed by atoms with E-state index in [4.69, 9.17) is 0 Å². The summed E-state index contributed by atoms with van der Waals surface area (Å²) in [5.41, 5.74) is 0. The molecule has 4 heteroatoms. The maximum Gasteiger partial charge on any atom is 0.152 e. The van der Waals surface area contributed by atoms with Crippen LogP contribution in [0.1, 0.15) is 40.5 Å². The molecule has 92 valence electrons. The second-order valence-corrected chi connectivity index (χ2v) is 7.13. The molecule has 0 aliphatic rings. The first kappa shape index (κ1) is 14.9. The quantitative estimate of drug-likeness (QED) is 0.653. The Morgan fingerprint density at radius 2 is 1.73 bits per heavy atom. The van der Waals surface area contributed by atoms with E-state index < -0.39 is 9.84 Å². The summed E-state index contributed by atoms with van der Waals surface area (Å²) in [4.78, 5) is 0. The van der Waals surface area contributed by atoms with Gasteiger partial charge in [-0.15, -0.1) is 0 Å². The van der Waals surface area contributed by atoms with Crippen molar-refractivity contribution in [3.63, 3.8) is 0 Å². The van der Waals surface area contributed by atoms with Crippen LogP contribution >= 0.6 is 0 Å². The second-order valence-electron chi connectivity index (χ2n) is 4.45. The lowest BCUT2D eigenvalue weighted by atomic mass is 10.1. The van der Waals surface area contributed by atoms with Crippen molar-refractivity contribution in [2.24, 2.45) is 5.92 Å². The standard InChI is InChI=1S/C11H25NO2S/c1-5-12-8-6-11(4)7-9-15(13,14)10(2)3/h10-12H,5-9H2,1-4H3. The molecule has 0 saturated heterocycles. The van der Waals surface area contributed by atoms with E-state index in [2.05, 4.69) is 19.2 Å². The van der Waals surface area contributed by atoms with Crippen LogP contribution in [0.3, 0.4) is 0 Å². The van der Waals surface area contributed by atoms with Crippen LogP contribution in [0.2, 0.25) is 0 Å². The highest BCUT2D eigenvalue weighted by Crippen LogP contribution is 2.11. The topological polar surface area (TPSA) is 46.2 Å². The van der Waals surface area contributed by atoms with Gasteiger partial charge in [-0.05, 0) is 45.7 Å². The molecule has 15 heavy (non-hydrogen) atoms. The van der Waals surface area contributed by atoms with Gasteiger partial charge in [0.25, 0.3) is 0 Å². The molecular formula is C11H25NO2S. The van der Waals surface area contributed by atoms with Gasteiger partial charge in [0.05, 0.1) is 11.0 Å². The molecule has 0 radical (unpaired) electrons. The highest BCUT2D eigenvalue weighted by Gasteiger charge is 2.16. The third kappa shape index (κ3) is 6.90. The minimum Gasteiger partial charge on any atom is -0.317 e. The van der Waals surface area contributed by atoms with Gasteiger partial charge < -0.3 is 5.32 Å². The number of rotatable bonds is 8. The molecule has 0 aromatic carbocycles. The lowest BCUT2D eigenvalue weighted by Gasteiger charge is -2.13. The van der Waals surface area contributed by atoms with E-state index in [1.807, 2.05) is 0 Å².